The number of hydrogen-bond donors (Lipinski definition) is 1. The standard InChI is InChI=1S/C15H23NO/c1-10-11(2)14(17-3)9-8-13(10)15(16)12-6-4-5-7-12/h8-9,12,15H,4-7,16H2,1-3H3. The Kier molecular flexibility index (Phi) is 3.72. The summed E-state index contributed by atoms with van der Waals surface area (Å²) in [6, 6.07) is 4.39. The predicted molar refractivity (Wildman–Crippen MR) is 71.4 cm³/mol. The van der Waals surface area contributed by atoms with E-state index >= 15 is 0 Å². The van der Waals surface area contributed by atoms with Gasteiger partial charge in [0.15, 0.2) is 0 Å². The van der Waals surface area contributed by atoms with Crippen LogP contribution in [-0.2, 0) is 0 Å². The first kappa shape index (κ1) is 12.4. The first-order chi connectivity index (χ1) is 8.15. The van der Waals surface area contributed by atoms with Gasteiger partial charge in [-0.05, 0) is 55.4 Å². The zero-order valence-electron chi connectivity index (χ0n) is 11.1. The largest absolute Gasteiger partial charge is 0.496 e. The van der Waals surface area contributed by atoms with Gasteiger partial charge in [0.05, 0.1) is 7.11 Å². The summed E-state index contributed by atoms with van der Waals surface area (Å²) in [5.41, 5.74) is 10.2. The van der Waals surface area contributed by atoms with Crippen LogP contribution in [0.25, 0.3) is 0 Å². The van der Waals surface area contributed by atoms with Gasteiger partial charge >= 0.3 is 0 Å². The van der Waals surface area contributed by atoms with Crippen LogP contribution in [0.4, 0.5) is 0 Å². The molecule has 17 heavy (non-hydrogen) atoms. The maximum atomic E-state index is 6.42. The Labute approximate surface area is 104 Å². The fourth-order valence-electron chi connectivity index (χ4n) is 2.97. The number of hydrogen-bond acceptors (Lipinski definition) is 2. The third-order valence-electron chi connectivity index (χ3n) is 4.27. The van der Waals surface area contributed by atoms with Crippen molar-refractivity contribution >= 4 is 0 Å². The van der Waals surface area contributed by atoms with Gasteiger partial charge in [0.1, 0.15) is 5.75 Å². The summed E-state index contributed by atoms with van der Waals surface area (Å²) in [4.78, 5) is 0. The van der Waals surface area contributed by atoms with Gasteiger partial charge in [-0.15, -0.1) is 0 Å². The number of nitrogens with two attached hydrogens (primary N) is 1. The lowest BCUT2D eigenvalue weighted by molar-refractivity contribution is 0.409. The van der Waals surface area contributed by atoms with Gasteiger partial charge in [0.2, 0.25) is 0 Å². The van der Waals surface area contributed by atoms with Crippen molar-refractivity contribution in [3.63, 3.8) is 0 Å². The van der Waals surface area contributed by atoms with E-state index in [1.54, 1.807) is 7.11 Å². The molecule has 0 heterocycles. The average molecular weight is 233 g/mol. The highest BCUT2D eigenvalue weighted by Gasteiger charge is 2.24. The van der Waals surface area contributed by atoms with E-state index in [2.05, 4.69) is 19.9 Å². The number of methoxy groups -OCH3 is 1. The molecule has 0 spiro atoms. The van der Waals surface area contributed by atoms with Crippen LogP contribution in [0.3, 0.4) is 0 Å². The lowest BCUT2D eigenvalue weighted by Crippen LogP contribution is -2.20. The quantitative estimate of drug-likeness (QED) is 0.867. The van der Waals surface area contributed by atoms with Gasteiger partial charge in [-0.2, -0.15) is 0 Å². The molecule has 0 bridgehead atoms. The Balaban J connectivity index is 2.29. The van der Waals surface area contributed by atoms with Crippen molar-refractivity contribution in [1.29, 1.82) is 0 Å². The van der Waals surface area contributed by atoms with E-state index in [0.717, 1.165) is 5.75 Å². The van der Waals surface area contributed by atoms with E-state index < -0.39 is 0 Å². The Bertz CT molecular complexity index is 394. The van der Waals surface area contributed by atoms with Crippen LogP contribution in [0, 0.1) is 19.8 Å². The van der Waals surface area contributed by atoms with Crippen LogP contribution < -0.4 is 10.5 Å². The minimum absolute atomic E-state index is 0.196. The maximum absolute atomic E-state index is 6.42. The molecule has 1 saturated carbocycles. The number of ether oxygens (including phenoxy) is 1. The third kappa shape index (κ3) is 2.32. The zero-order valence-corrected chi connectivity index (χ0v) is 11.1. The number of rotatable bonds is 3. The molecule has 0 radical (unpaired) electrons. The van der Waals surface area contributed by atoms with Gasteiger partial charge in [-0.1, -0.05) is 18.9 Å². The Morgan fingerprint density at radius 3 is 2.41 bits per heavy atom. The summed E-state index contributed by atoms with van der Waals surface area (Å²) in [6.45, 7) is 4.26. The lowest BCUT2D eigenvalue weighted by atomic mass is 9.88. The van der Waals surface area contributed by atoms with E-state index in [1.807, 2.05) is 6.07 Å². The second kappa shape index (κ2) is 5.09. The van der Waals surface area contributed by atoms with Crippen molar-refractivity contribution in [3.05, 3.63) is 28.8 Å². The maximum Gasteiger partial charge on any atom is 0.122 e. The highest BCUT2D eigenvalue weighted by molar-refractivity contribution is 5.44. The summed E-state index contributed by atoms with van der Waals surface area (Å²) in [5.74, 6) is 1.63. The molecule has 2 heteroatoms. The van der Waals surface area contributed by atoms with Gasteiger partial charge in [0, 0.05) is 6.04 Å². The topological polar surface area (TPSA) is 35.2 Å². The smallest absolute Gasteiger partial charge is 0.122 e. The molecule has 1 aliphatic carbocycles. The average Bonchev–Trinajstić information content (AvgIpc) is 2.85. The van der Waals surface area contributed by atoms with Gasteiger partial charge in [0.25, 0.3) is 0 Å². The molecule has 2 rings (SSSR count). The summed E-state index contributed by atoms with van der Waals surface area (Å²) in [6.07, 6.45) is 5.25. The predicted octanol–water partition coefficient (Wildman–Crippen LogP) is 3.50. The molecule has 0 aliphatic heterocycles. The van der Waals surface area contributed by atoms with Crippen molar-refractivity contribution < 1.29 is 4.74 Å². The summed E-state index contributed by atoms with van der Waals surface area (Å²) < 4.78 is 5.35. The first-order valence-electron chi connectivity index (χ1n) is 6.54. The fourth-order valence-corrected chi connectivity index (χ4v) is 2.97. The van der Waals surface area contributed by atoms with Gasteiger partial charge in [-0.25, -0.2) is 0 Å². The molecule has 1 aliphatic rings. The van der Waals surface area contributed by atoms with E-state index in [-0.39, 0.29) is 6.04 Å². The van der Waals surface area contributed by atoms with E-state index in [9.17, 15) is 0 Å². The highest BCUT2D eigenvalue weighted by atomic mass is 16.5. The van der Waals surface area contributed by atoms with Crippen LogP contribution in [0.2, 0.25) is 0 Å². The molecular formula is C15H23NO. The van der Waals surface area contributed by atoms with Crippen LogP contribution in [0.1, 0.15) is 48.4 Å². The number of benzene rings is 1. The lowest BCUT2D eigenvalue weighted by Gasteiger charge is -2.23. The van der Waals surface area contributed by atoms with E-state index in [0.29, 0.717) is 5.92 Å². The molecule has 1 aromatic carbocycles. The van der Waals surface area contributed by atoms with Crippen molar-refractivity contribution in [1.82, 2.24) is 0 Å². The molecule has 0 amide bonds. The Morgan fingerprint density at radius 1 is 1.18 bits per heavy atom. The molecule has 2 nitrogen and oxygen atoms in total. The second-order valence-corrected chi connectivity index (χ2v) is 5.18. The molecule has 94 valence electrons. The normalized spacial score (nSPS) is 18.4. The summed E-state index contributed by atoms with van der Waals surface area (Å²) in [5, 5.41) is 0. The molecule has 1 atom stereocenters. The molecule has 2 N–H and O–H groups in total. The van der Waals surface area contributed by atoms with Gasteiger partial charge in [-0.3, -0.25) is 0 Å². The van der Waals surface area contributed by atoms with Crippen molar-refractivity contribution in [3.8, 4) is 5.75 Å². The second-order valence-electron chi connectivity index (χ2n) is 5.18. The van der Waals surface area contributed by atoms with Crippen LogP contribution >= 0.6 is 0 Å². The Hall–Kier alpha value is -1.02. The van der Waals surface area contributed by atoms with Crippen LogP contribution in [-0.4, -0.2) is 7.11 Å². The molecular weight excluding hydrogens is 210 g/mol. The SMILES string of the molecule is COc1ccc(C(N)C2CCCC2)c(C)c1C. The summed E-state index contributed by atoms with van der Waals surface area (Å²) in [7, 11) is 1.72. The van der Waals surface area contributed by atoms with Crippen molar-refractivity contribution in [2.45, 2.75) is 45.6 Å². The van der Waals surface area contributed by atoms with E-state index in [4.69, 9.17) is 10.5 Å². The fraction of sp³-hybridized carbons (Fsp3) is 0.600. The first-order valence-corrected chi connectivity index (χ1v) is 6.54. The molecule has 1 aromatic rings. The van der Waals surface area contributed by atoms with Crippen molar-refractivity contribution in [2.75, 3.05) is 7.11 Å². The summed E-state index contributed by atoms with van der Waals surface area (Å²) >= 11 is 0. The van der Waals surface area contributed by atoms with Crippen LogP contribution in [0.15, 0.2) is 12.1 Å². The van der Waals surface area contributed by atoms with Crippen molar-refractivity contribution in [2.24, 2.45) is 11.7 Å². The van der Waals surface area contributed by atoms with Gasteiger partial charge < -0.3 is 10.5 Å². The molecule has 0 aromatic heterocycles. The minimum atomic E-state index is 0.196. The third-order valence-corrected chi connectivity index (χ3v) is 4.27. The molecule has 1 fully saturated rings. The highest BCUT2D eigenvalue weighted by Crippen LogP contribution is 2.37. The van der Waals surface area contributed by atoms with Crippen LogP contribution in [0.5, 0.6) is 5.75 Å². The van der Waals surface area contributed by atoms with E-state index in [1.165, 1.54) is 42.4 Å². The minimum Gasteiger partial charge on any atom is -0.496 e. The zero-order chi connectivity index (χ0) is 12.4. The Morgan fingerprint density at radius 2 is 1.82 bits per heavy atom. The monoisotopic (exact) mass is 233 g/mol. The molecule has 1 unspecified atom stereocenters. The molecule has 0 saturated heterocycles.